The van der Waals surface area contributed by atoms with Crippen molar-refractivity contribution in [3.05, 3.63) is 22.4 Å². The summed E-state index contributed by atoms with van der Waals surface area (Å²) in [5, 5.41) is 5.96. The summed E-state index contributed by atoms with van der Waals surface area (Å²) in [5.74, 6) is 0.910. The minimum Gasteiger partial charge on any atom is -0.306 e. The normalized spacial score (nSPS) is 28.1. The van der Waals surface area contributed by atoms with E-state index in [2.05, 4.69) is 36.7 Å². The molecule has 0 radical (unpaired) electrons. The number of rotatable bonds is 4. The van der Waals surface area contributed by atoms with E-state index >= 15 is 0 Å². The molecule has 1 nitrogen and oxygen atoms in total. The Morgan fingerprint density at radius 3 is 3.07 bits per heavy atom. The molecule has 2 rings (SSSR count). The van der Waals surface area contributed by atoms with Gasteiger partial charge in [-0.3, -0.25) is 0 Å². The predicted octanol–water partition coefficient (Wildman–Crippen LogP) is 3.98. The van der Waals surface area contributed by atoms with Gasteiger partial charge in [0.15, 0.2) is 0 Å². The maximum absolute atomic E-state index is 3.79. The van der Waals surface area contributed by atoms with Crippen molar-refractivity contribution in [1.82, 2.24) is 5.32 Å². The van der Waals surface area contributed by atoms with Gasteiger partial charge in [0.2, 0.25) is 0 Å². The molecule has 0 saturated heterocycles. The van der Waals surface area contributed by atoms with Crippen LogP contribution >= 0.6 is 11.3 Å². The lowest BCUT2D eigenvalue weighted by Crippen LogP contribution is -2.33. The van der Waals surface area contributed by atoms with Crippen molar-refractivity contribution in [2.45, 2.75) is 51.6 Å². The SMILES string of the molecule is CCC1CCCC1NC(C)c1cccs1. The van der Waals surface area contributed by atoms with Crippen molar-refractivity contribution in [1.29, 1.82) is 0 Å². The summed E-state index contributed by atoms with van der Waals surface area (Å²) in [4.78, 5) is 1.47. The number of hydrogen-bond acceptors (Lipinski definition) is 2. The summed E-state index contributed by atoms with van der Waals surface area (Å²) in [5.41, 5.74) is 0. The second kappa shape index (κ2) is 5.13. The topological polar surface area (TPSA) is 12.0 Å². The summed E-state index contributed by atoms with van der Waals surface area (Å²) >= 11 is 1.86. The molecule has 3 atom stereocenters. The molecule has 0 bridgehead atoms. The molecule has 0 aromatic carbocycles. The Hall–Kier alpha value is -0.340. The minimum atomic E-state index is 0.530. The summed E-state index contributed by atoms with van der Waals surface area (Å²) in [6.45, 7) is 4.61. The molecule has 2 heteroatoms. The Morgan fingerprint density at radius 1 is 1.53 bits per heavy atom. The van der Waals surface area contributed by atoms with Crippen molar-refractivity contribution in [3.8, 4) is 0 Å². The largest absolute Gasteiger partial charge is 0.306 e. The molecular formula is C13H21NS. The zero-order valence-electron chi connectivity index (χ0n) is 9.70. The van der Waals surface area contributed by atoms with Crippen LogP contribution in [-0.4, -0.2) is 6.04 Å². The molecule has 1 N–H and O–H groups in total. The molecule has 1 fully saturated rings. The molecule has 1 saturated carbocycles. The van der Waals surface area contributed by atoms with E-state index < -0.39 is 0 Å². The molecular weight excluding hydrogens is 202 g/mol. The van der Waals surface area contributed by atoms with Gasteiger partial charge < -0.3 is 5.32 Å². The van der Waals surface area contributed by atoms with Crippen LogP contribution in [0.15, 0.2) is 17.5 Å². The Bertz CT molecular complexity index is 281. The van der Waals surface area contributed by atoms with E-state index in [-0.39, 0.29) is 0 Å². The van der Waals surface area contributed by atoms with Gasteiger partial charge in [-0.15, -0.1) is 11.3 Å². The molecule has 1 aromatic heterocycles. The highest BCUT2D eigenvalue weighted by Gasteiger charge is 2.26. The maximum atomic E-state index is 3.79. The van der Waals surface area contributed by atoms with Crippen LogP contribution in [-0.2, 0) is 0 Å². The average molecular weight is 223 g/mol. The van der Waals surface area contributed by atoms with E-state index in [1.807, 2.05) is 11.3 Å². The van der Waals surface area contributed by atoms with Gasteiger partial charge >= 0.3 is 0 Å². The Balaban J connectivity index is 1.91. The fraction of sp³-hybridized carbons (Fsp3) is 0.692. The fourth-order valence-electron chi connectivity index (χ4n) is 2.69. The average Bonchev–Trinajstić information content (AvgIpc) is 2.87. The molecule has 0 spiro atoms. The lowest BCUT2D eigenvalue weighted by molar-refractivity contribution is 0.362. The second-order valence-corrected chi connectivity index (χ2v) is 5.59. The highest BCUT2D eigenvalue weighted by molar-refractivity contribution is 7.10. The summed E-state index contributed by atoms with van der Waals surface area (Å²) in [6.07, 6.45) is 5.53. The third-order valence-corrected chi connectivity index (χ3v) is 4.67. The van der Waals surface area contributed by atoms with Gasteiger partial charge in [-0.05, 0) is 37.1 Å². The molecule has 1 aliphatic rings. The van der Waals surface area contributed by atoms with Gasteiger partial charge in [0, 0.05) is 17.0 Å². The molecule has 1 aliphatic carbocycles. The standard InChI is InChI=1S/C13H21NS/c1-3-11-6-4-7-12(11)14-10(2)13-8-5-9-15-13/h5,8-12,14H,3-4,6-7H2,1-2H3. The second-order valence-electron chi connectivity index (χ2n) is 4.61. The maximum Gasteiger partial charge on any atom is 0.0388 e. The van der Waals surface area contributed by atoms with Gasteiger partial charge in [0.1, 0.15) is 0 Å². The summed E-state index contributed by atoms with van der Waals surface area (Å²) in [6, 6.07) is 5.66. The molecule has 1 heterocycles. The van der Waals surface area contributed by atoms with E-state index in [9.17, 15) is 0 Å². The van der Waals surface area contributed by atoms with Gasteiger partial charge in [-0.1, -0.05) is 25.8 Å². The van der Waals surface area contributed by atoms with Crippen LogP contribution in [0.4, 0.5) is 0 Å². The van der Waals surface area contributed by atoms with E-state index in [4.69, 9.17) is 0 Å². The molecule has 15 heavy (non-hydrogen) atoms. The third-order valence-electron chi connectivity index (χ3n) is 3.62. The molecule has 84 valence electrons. The first-order valence-electron chi connectivity index (χ1n) is 6.10. The van der Waals surface area contributed by atoms with Crippen LogP contribution in [0.1, 0.15) is 50.4 Å². The van der Waals surface area contributed by atoms with Crippen LogP contribution in [0.2, 0.25) is 0 Å². The molecule has 0 amide bonds. The predicted molar refractivity (Wildman–Crippen MR) is 67.3 cm³/mol. The first-order valence-corrected chi connectivity index (χ1v) is 6.98. The van der Waals surface area contributed by atoms with Crippen LogP contribution < -0.4 is 5.32 Å². The van der Waals surface area contributed by atoms with Crippen LogP contribution in [0.3, 0.4) is 0 Å². The zero-order valence-corrected chi connectivity index (χ0v) is 10.5. The van der Waals surface area contributed by atoms with Crippen molar-refractivity contribution >= 4 is 11.3 Å². The summed E-state index contributed by atoms with van der Waals surface area (Å²) in [7, 11) is 0. The smallest absolute Gasteiger partial charge is 0.0388 e. The van der Waals surface area contributed by atoms with Gasteiger partial charge in [-0.25, -0.2) is 0 Å². The van der Waals surface area contributed by atoms with E-state index in [1.54, 1.807) is 0 Å². The van der Waals surface area contributed by atoms with Crippen LogP contribution in [0.5, 0.6) is 0 Å². The lowest BCUT2D eigenvalue weighted by atomic mass is 10.00. The zero-order chi connectivity index (χ0) is 10.7. The third kappa shape index (κ3) is 2.61. The monoisotopic (exact) mass is 223 g/mol. The Morgan fingerprint density at radius 2 is 2.40 bits per heavy atom. The molecule has 1 aromatic rings. The number of thiophene rings is 1. The van der Waals surface area contributed by atoms with Crippen molar-refractivity contribution in [2.24, 2.45) is 5.92 Å². The van der Waals surface area contributed by atoms with Gasteiger partial charge in [-0.2, -0.15) is 0 Å². The quantitative estimate of drug-likeness (QED) is 0.814. The van der Waals surface area contributed by atoms with E-state index in [0.717, 1.165) is 12.0 Å². The fourth-order valence-corrected chi connectivity index (χ4v) is 3.43. The van der Waals surface area contributed by atoms with Crippen LogP contribution in [0, 0.1) is 5.92 Å². The minimum absolute atomic E-state index is 0.530. The first-order chi connectivity index (χ1) is 7.31. The number of nitrogens with one attached hydrogen (secondary N) is 1. The van der Waals surface area contributed by atoms with Crippen molar-refractivity contribution in [3.63, 3.8) is 0 Å². The lowest BCUT2D eigenvalue weighted by Gasteiger charge is -2.23. The van der Waals surface area contributed by atoms with Gasteiger partial charge in [0.25, 0.3) is 0 Å². The Kier molecular flexibility index (Phi) is 3.81. The number of hydrogen-bond donors (Lipinski definition) is 1. The molecule has 3 unspecified atom stereocenters. The van der Waals surface area contributed by atoms with Gasteiger partial charge in [0.05, 0.1) is 0 Å². The molecule has 0 aliphatic heterocycles. The van der Waals surface area contributed by atoms with Crippen LogP contribution in [0.25, 0.3) is 0 Å². The van der Waals surface area contributed by atoms with Crippen molar-refractivity contribution < 1.29 is 0 Å². The van der Waals surface area contributed by atoms with Crippen molar-refractivity contribution in [2.75, 3.05) is 0 Å². The summed E-state index contributed by atoms with van der Waals surface area (Å²) < 4.78 is 0. The van der Waals surface area contributed by atoms with E-state index in [1.165, 1.54) is 30.6 Å². The highest BCUT2D eigenvalue weighted by atomic mass is 32.1. The van der Waals surface area contributed by atoms with E-state index in [0.29, 0.717) is 6.04 Å². The Labute approximate surface area is 96.9 Å². The highest BCUT2D eigenvalue weighted by Crippen LogP contribution is 2.30. The first kappa shape index (κ1) is 11.2.